The zero-order valence-electron chi connectivity index (χ0n) is 8.64. The van der Waals surface area contributed by atoms with Gasteiger partial charge in [0, 0.05) is 0 Å². The summed E-state index contributed by atoms with van der Waals surface area (Å²) in [5.41, 5.74) is 0.0645. The van der Waals surface area contributed by atoms with Crippen LogP contribution in [-0.4, -0.2) is 25.2 Å². The van der Waals surface area contributed by atoms with E-state index in [0.717, 1.165) is 0 Å². The number of anilines is 1. The van der Waals surface area contributed by atoms with E-state index in [0.29, 0.717) is 0 Å². The highest BCUT2D eigenvalue weighted by atomic mass is 19.4. The Morgan fingerprint density at radius 1 is 1.24 bits per heavy atom. The van der Waals surface area contributed by atoms with Crippen LogP contribution in [0, 0.1) is 5.82 Å². The van der Waals surface area contributed by atoms with E-state index in [2.05, 4.69) is 5.32 Å². The van der Waals surface area contributed by atoms with E-state index in [-0.39, 0.29) is 5.69 Å². The van der Waals surface area contributed by atoms with E-state index in [1.807, 2.05) is 0 Å². The summed E-state index contributed by atoms with van der Waals surface area (Å²) in [6.07, 6.45) is -4.45. The maximum Gasteiger partial charge on any atom is 0.405 e. The van der Waals surface area contributed by atoms with Gasteiger partial charge in [-0.05, 0) is 12.1 Å². The molecule has 0 saturated heterocycles. The number of nitrogens with one attached hydrogen (secondary N) is 2. The molecule has 0 spiro atoms. The molecule has 0 aromatic heterocycles. The maximum absolute atomic E-state index is 13.0. The summed E-state index contributed by atoms with van der Waals surface area (Å²) < 4.78 is 48.3. The van der Waals surface area contributed by atoms with Gasteiger partial charge in [0.1, 0.15) is 12.4 Å². The number of alkyl halides is 3. The van der Waals surface area contributed by atoms with Crippen LogP contribution in [0.1, 0.15) is 0 Å². The van der Waals surface area contributed by atoms with Crippen LogP contribution in [0.4, 0.5) is 23.2 Å². The second-order valence-electron chi connectivity index (χ2n) is 3.23. The zero-order chi connectivity index (χ0) is 12.9. The van der Waals surface area contributed by atoms with Crippen LogP contribution in [0.15, 0.2) is 24.3 Å². The fourth-order valence-electron chi connectivity index (χ4n) is 1.04. The molecule has 0 radical (unpaired) electrons. The maximum atomic E-state index is 13.0. The van der Waals surface area contributed by atoms with E-state index < -0.39 is 31.0 Å². The smallest absolute Gasteiger partial charge is 0.374 e. The van der Waals surface area contributed by atoms with Crippen LogP contribution < -0.4 is 10.6 Å². The van der Waals surface area contributed by atoms with Gasteiger partial charge in [-0.15, -0.1) is 0 Å². The van der Waals surface area contributed by atoms with Crippen LogP contribution in [0.5, 0.6) is 0 Å². The van der Waals surface area contributed by atoms with Crippen LogP contribution in [-0.2, 0) is 4.79 Å². The summed E-state index contributed by atoms with van der Waals surface area (Å²) in [5.74, 6) is -1.43. The fraction of sp³-hybridized carbons (Fsp3) is 0.300. The topological polar surface area (TPSA) is 41.1 Å². The highest BCUT2D eigenvalue weighted by Crippen LogP contribution is 2.13. The zero-order valence-corrected chi connectivity index (χ0v) is 8.64. The highest BCUT2D eigenvalue weighted by Gasteiger charge is 2.27. The first-order chi connectivity index (χ1) is 7.88. The number of para-hydroxylation sites is 1. The van der Waals surface area contributed by atoms with Gasteiger partial charge in [0.25, 0.3) is 0 Å². The molecule has 1 aromatic carbocycles. The lowest BCUT2D eigenvalue weighted by Crippen LogP contribution is -2.37. The van der Waals surface area contributed by atoms with Gasteiger partial charge in [0.05, 0.1) is 12.2 Å². The van der Waals surface area contributed by atoms with E-state index in [1.165, 1.54) is 18.2 Å². The first-order valence-corrected chi connectivity index (χ1v) is 4.70. The molecule has 1 amide bonds. The van der Waals surface area contributed by atoms with Crippen molar-refractivity contribution in [1.82, 2.24) is 5.32 Å². The van der Waals surface area contributed by atoms with Gasteiger partial charge in [-0.1, -0.05) is 12.1 Å². The average molecular weight is 250 g/mol. The lowest BCUT2D eigenvalue weighted by Gasteiger charge is -2.10. The van der Waals surface area contributed by atoms with Crippen LogP contribution in [0.25, 0.3) is 0 Å². The molecule has 1 aromatic rings. The van der Waals surface area contributed by atoms with Crippen molar-refractivity contribution in [3.8, 4) is 0 Å². The van der Waals surface area contributed by atoms with Crippen molar-refractivity contribution < 1.29 is 22.4 Å². The fourth-order valence-corrected chi connectivity index (χ4v) is 1.04. The number of carbonyl (C=O) groups excluding carboxylic acids is 1. The third-order valence-corrected chi connectivity index (χ3v) is 1.80. The number of amides is 1. The van der Waals surface area contributed by atoms with Crippen LogP contribution in [0.2, 0.25) is 0 Å². The number of hydrogen-bond acceptors (Lipinski definition) is 2. The Bertz CT molecular complexity index is 392. The first kappa shape index (κ1) is 13.3. The molecule has 2 N–H and O–H groups in total. The number of rotatable bonds is 4. The Balaban J connectivity index is 2.36. The predicted molar refractivity (Wildman–Crippen MR) is 54.0 cm³/mol. The summed E-state index contributed by atoms with van der Waals surface area (Å²) in [6.45, 7) is -1.82. The minimum absolute atomic E-state index is 0.0645. The molecule has 0 aliphatic heterocycles. The Labute approximate surface area is 94.8 Å². The van der Waals surface area contributed by atoms with Gasteiger partial charge in [-0.2, -0.15) is 13.2 Å². The quantitative estimate of drug-likeness (QED) is 0.801. The molecular formula is C10H10F4N2O. The van der Waals surface area contributed by atoms with Crippen molar-refractivity contribution in [2.75, 3.05) is 18.4 Å². The van der Waals surface area contributed by atoms with Gasteiger partial charge in [-0.25, -0.2) is 4.39 Å². The highest BCUT2D eigenvalue weighted by molar-refractivity contribution is 5.80. The second kappa shape index (κ2) is 5.51. The molecule has 0 heterocycles. The van der Waals surface area contributed by atoms with Gasteiger partial charge >= 0.3 is 6.18 Å². The summed E-state index contributed by atoms with van der Waals surface area (Å²) in [7, 11) is 0. The minimum atomic E-state index is -4.45. The van der Waals surface area contributed by atoms with Crippen molar-refractivity contribution in [3.05, 3.63) is 30.1 Å². The number of halogens is 4. The molecule has 0 fully saturated rings. The second-order valence-corrected chi connectivity index (χ2v) is 3.23. The van der Waals surface area contributed by atoms with Crippen LogP contribution >= 0.6 is 0 Å². The molecule has 0 aliphatic carbocycles. The third-order valence-electron chi connectivity index (χ3n) is 1.80. The van der Waals surface area contributed by atoms with Crippen molar-refractivity contribution in [2.45, 2.75) is 6.18 Å². The Hall–Kier alpha value is -1.79. The molecular weight excluding hydrogens is 240 g/mol. The van der Waals surface area contributed by atoms with E-state index in [9.17, 15) is 22.4 Å². The first-order valence-electron chi connectivity index (χ1n) is 4.70. The van der Waals surface area contributed by atoms with Crippen molar-refractivity contribution in [3.63, 3.8) is 0 Å². The van der Waals surface area contributed by atoms with E-state index in [4.69, 9.17) is 0 Å². The standard InChI is InChI=1S/C10H10F4N2O/c11-7-3-1-2-4-8(7)15-5-9(17)16-6-10(12,13)14/h1-4,15H,5-6H2,(H,16,17). The van der Waals surface area contributed by atoms with Crippen molar-refractivity contribution >= 4 is 11.6 Å². The summed E-state index contributed by atoms with van der Waals surface area (Å²) in [5, 5.41) is 4.06. The molecule has 17 heavy (non-hydrogen) atoms. The van der Waals surface area contributed by atoms with Gasteiger partial charge in [-0.3, -0.25) is 4.79 Å². The summed E-state index contributed by atoms with van der Waals surface area (Å²) >= 11 is 0. The molecule has 0 saturated carbocycles. The Morgan fingerprint density at radius 2 is 1.88 bits per heavy atom. The molecule has 7 heteroatoms. The number of carbonyl (C=O) groups is 1. The Morgan fingerprint density at radius 3 is 2.47 bits per heavy atom. The monoisotopic (exact) mass is 250 g/mol. The molecule has 0 unspecified atom stereocenters. The molecule has 0 bridgehead atoms. The summed E-state index contributed by atoms with van der Waals surface area (Å²) in [4.78, 5) is 11.0. The lowest BCUT2D eigenvalue weighted by atomic mass is 10.3. The van der Waals surface area contributed by atoms with Gasteiger partial charge in [0.2, 0.25) is 5.91 Å². The number of hydrogen-bond donors (Lipinski definition) is 2. The largest absolute Gasteiger partial charge is 0.405 e. The Kier molecular flexibility index (Phi) is 4.30. The van der Waals surface area contributed by atoms with E-state index in [1.54, 1.807) is 11.4 Å². The molecule has 1 rings (SSSR count). The SMILES string of the molecule is O=C(CNc1ccccc1F)NCC(F)(F)F. The lowest BCUT2D eigenvalue weighted by molar-refractivity contribution is -0.137. The van der Waals surface area contributed by atoms with Crippen molar-refractivity contribution in [2.24, 2.45) is 0 Å². The average Bonchev–Trinajstić information content (AvgIpc) is 2.24. The normalized spacial score (nSPS) is 11.1. The minimum Gasteiger partial charge on any atom is -0.374 e. The molecule has 94 valence electrons. The number of benzene rings is 1. The molecule has 0 aliphatic rings. The summed E-state index contributed by atoms with van der Waals surface area (Å²) in [6, 6.07) is 5.56. The van der Waals surface area contributed by atoms with Crippen molar-refractivity contribution in [1.29, 1.82) is 0 Å². The third kappa shape index (κ3) is 5.19. The predicted octanol–water partition coefficient (Wildman–Crippen LogP) is 1.92. The van der Waals surface area contributed by atoms with Gasteiger partial charge < -0.3 is 10.6 Å². The van der Waals surface area contributed by atoms with E-state index >= 15 is 0 Å². The van der Waals surface area contributed by atoms with Crippen LogP contribution in [0.3, 0.4) is 0 Å². The molecule has 0 atom stereocenters. The molecule has 3 nitrogen and oxygen atoms in total. The van der Waals surface area contributed by atoms with Gasteiger partial charge in [0.15, 0.2) is 0 Å².